The topological polar surface area (TPSA) is 41.6 Å². The van der Waals surface area contributed by atoms with E-state index in [1.54, 1.807) is 0 Å². The Balaban J connectivity index is 1.83. The van der Waals surface area contributed by atoms with E-state index in [0.29, 0.717) is 6.42 Å². The van der Waals surface area contributed by atoms with Crippen molar-refractivity contribution < 1.29 is 9.53 Å². The number of carbonyl (C=O) groups is 1. The molecule has 1 saturated heterocycles. The van der Waals surface area contributed by atoms with Gasteiger partial charge in [-0.1, -0.05) is 12.1 Å². The zero-order chi connectivity index (χ0) is 15.4. The average molecular weight is 290 g/mol. The van der Waals surface area contributed by atoms with Gasteiger partial charge in [0, 0.05) is 31.7 Å². The second-order valence-corrected chi connectivity index (χ2v) is 6.13. The van der Waals surface area contributed by atoms with E-state index in [9.17, 15) is 4.79 Å². The van der Waals surface area contributed by atoms with Gasteiger partial charge >= 0.3 is 0 Å². The minimum Gasteiger partial charge on any atom is -0.373 e. The van der Waals surface area contributed by atoms with Crippen molar-refractivity contribution in [1.29, 1.82) is 0 Å². The van der Waals surface area contributed by atoms with Gasteiger partial charge in [-0.05, 0) is 44.9 Å². The zero-order valence-electron chi connectivity index (χ0n) is 13.5. The SMILES string of the molecule is Cc1ccc(C)c(NC(=O)CCN2C[C@H](C)O[C@@H](C)C2)c1. The highest BCUT2D eigenvalue weighted by Crippen LogP contribution is 2.17. The summed E-state index contributed by atoms with van der Waals surface area (Å²) in [5.41, 5.74) is 3.18. The van der Waals surface area contributed by atoms with Crippen molar-refractivity contribution in [2.75, 3.05) is 25.0 Å². The summed E-state index contributed by atoms with van der Waals surface area (Å²) in [6.07, 6.45) is 1.01. The number of carbonyl (C=O) groups excluding carboxylic acids is 1. The predicted molar refractivity (Wildman–Crippen MR) is 85.6 cm³/mol. The highest BCUT2D eigenvalue weighted by atomic mass is 16.5. The molecule has 0 aromatic heterocycles. The first-order valence-corrected chi connectivity index (χ1v) is 7.69. The van der Waals surface area contributed by atoms with E-state index in [2.05, 4.69) is 30.1 Å². The Morgan fingerprint density at radius 2 is 1.95 bits per heavy atom. The number of morpholine rings is 1. The van der Waals surface area contributed by atoms with Crippen molar-refractivity contribution in [2.45, 2.75) is 46.3 Å². The summed E-state index contributed by atoms with van der Waals surface area (Å²) in [5, 5.41) is 3.02. The maximum atomic E-state index is 12.1. The van der Waals surface area contributed by atoms with E-state index >= 15 is 0 Å². The first-order valence-electron chi connectivity index (χ1n) is 7.69. The molecule has 1 heterocycles. The highest BCUT2D eigenvalue weighted by molar-refractivity contribution is 5.91. The molecule has 0 bridgehead atoms. The lowest BCUT2D eigenvalue weighted by atomic mass is 10.1. The summed E-state index contributed by atoms with van der Waals surface area (Å²) in [4.78, 5) is 14.4. The van der Waals surface area contributed by atoms with E-state index in [0.717, 1.165) is 36.4 Å². The number of anilines is 1. The van der Waals surface area contributed by atoms with Gasteiger partial charge in [-0.3, -0.25) is 9.69 Å². The fraction of sp³-hybridized carbons (Fsp3) is 0.588. The van der Waals surface area contributed by atoms with Crippen LogP contribution in [0.25, 0.3) is 0 Å². The first-order chi connectivity index (χ1) is 9.94. The lowest BCUT2D eigenvalue weighted by Gasteiger charge is -2.35. The largest absolute Gasteiger partial charge is 0.373 e. The van der Waals surface area contributed by atoms with Gasteiger partial charge in [0.25, 0.3) is 0 Å². The third kappa shape index (κ3) is 4.83. The standard InChI is InChI=1S/C17H26N2O2/c1-12-5-6-13(2)16(9-12)18-17(20)7-8-19-10-14(3)21-15(4)11-19/h5-6,9,14-15H,7-8,10-11H2,1-4H3,(H,18,20)/t14-,15-/m0/s1. The number of rotatable bonds is 4. The van der Waals surface area contributed by atoms with E-state index in [4.69, 9.17) is 4.74 Å². The Hall–Kier alpha value is -1.39. The van der Waals surface area contributed by atoms with Gasteiger partial charge in [-0.25, -0.2) is 0 Å². The molecular formula is C17H26N2O2. The Morgan fingerprint density at radius 3 is 2.62 bits per heavy atom. The van der Waals surface area contributed by atoms with Gasteiger partial charge in [0.05, 0.1) is 12.2 Å². The molecule has 0 spiro atoms. The third-order valence-electron chi connectivity index (χ3n) is 3.82. The smallest absolute Gasteiger partial charge is 0.225 e. The van der Waals surface area contributed by atoms with Crippen LogP contribution in [-0.4, -0.2) is 42.6 Å². The number of ether oxygens (including phenoxy) is 1. The predicted octanol–water partition coefficient (Wildman–Crippen LogP) is 2.74. The van der Waals surface area contributed by atoms with Crippen LogP contribution in [-0.2, 0) is 9.53 Å². The van der Waals surface area contributed by atoms with Gasteiger partial charge in [-0.2, -0.15) is 0 Å². The number of aryl methyl sites for hydroxylation is 2. The monoisotopic (exact) mass is 290 g/mol. The molecule has 1 N–H and O–H groups in total. The minimum absolute atomic E-state index is 0.0792. The molecule has 4 nitrogen and oxygen atoms in total. The first kappa shape index (κ1) is 16.0. The number of nitrogens with zero attached hydrogens (tertiary/aromatic N) is 1. The number of benzene rings is 1. The van der Waals surface area contributed by atoms with Crippen LogP contribution in [0.4, 0.5) is 5.69 Å². The van der Waals surface area contributed by atoms with Crippen LogP contribution in [0.3, 0.4) is 0 Å². The van der Waals surface area contributed by atoms with Crippen molar-refractivity contribution in [2.24, 2.45) is 0 Å². The number of hydrogen-bond donors (Lipinski definition) is 1. The molecule has 2 rings (SSSR count). The van der Waals surface area contributed by atoms with E-state index in [-0.39, 0.29) is 18.1 Å². The van der Waals surface area contributed by atoms with Crippen molar-refractivity contribution in [3.8, 4) is 0 Å². The van der Waals surface area contributed by atoms with Crippen molar-refractivity contribution in [3.05, 3.63) is 29.3 Å². The third-order valence-corrected chi connectivity index (χ3v) is 3.82. The van der Waals surface area contributed by atoms with Crippen molar-refractivity contribution in [3.63, 3.8) is 0 Å². The molecule has 1 aromatic rings. The van der Waals surface area contributed by atoms with Crippen molar-refractivity contribution >= 4 is 11.6 Å². The number of amides is 1. The van der Waals surface area contributed by atoms with Crippen LogP contribution in [0.2, 0.25) is 0 Å². The van der Waals surface area contributed by atoms with Crippen LogP contribution in [0.5, 0.6) is 0 Å². The van der Waals surface area contributed by atoms with Crippen molar-refractivity contribution in [1.82, 2.24) is 4.90 Å². The van der Waals surface area contributed by atoms with E-state index < -0.39 is 0 Å². The summed E-state index contributed by atoms with van der Waals surface area (Å²) in [5.74, 6) is 0.0792. The fourth-order valence-corrected chi connectivity index (χ4v) is 2.81. The average Bonchev–Trinajstić information content (AvgIpc) is 2.40. The Kier molecular flexibility index (Phi) is 5.37. The molecule has 116 valence electrons. The molecule has 0 radical (unpaired) electrons. The molecule has 2 atom stereocenters. The van der Waals surface area contributed by atoms with Gasteiger partial charge in [0.15, 0.2) is 0 Å². The van der Waals surface area contributed by atoms with Gasteiger partial charge in [0.2, 0.25) is 5.91 Å². The van der Waals surface area contributed by atoms with Crippen LogP contribution >= 0.6 is 0 Å². The molecular weight excluding hydrogens is 264 g/mol. The second-order valence-electron chi connectivity index (χ2n) is 6.13. The molecule has 0 saturated carbocycles. The summed E-state index contributed by atoms with van der Waals surface area (Å²) in [7, 11) is 0. The Bertz CT molecular complexity index is 492. The lowest BCUT2D eigenvalue weighted by molar-refractivity contribution is -0.117. The van der Waals surface area contributed by atoms with Gasteiger partial charge in [0.1, 0.15) is 0 Å². The van der Waals surface area contributed by atoms with Crippen LogP contribution < -0.4 is 5.32 Å². The summed E-state index contributed by atoms with van der Waals surface area (Å²) < 4.78 is 5.71. The second kappa shape index (κ2) is 7.05. The molecule has 4 heteroatoms. The van der Waals surface area contributed by atoms with Crippen LogP contribution in [0.1, 0.15) is 31.4 Å². The summed E-state index contributed by atoms with van der Waals surface area (Å²) in [6.45, 7) is 10.8. The normalized spacial score (nSPS) is 23.0. The Labute approximate surface area is 127 Å². The molecule has 1 amide bonds. The number of hydrogen-bond acceptors (Lipinski definition) is 3. The quantitative estimate of drug-likeness (QED) is 0.927. The maximum absolute atomic E-state index is 12.1. The molecule has 21 heavy (non-hydrogen) atoms. The van der Waals surface area contributed by atoms with E-state index in [1.165, 1.54) is 0 Å². The fourth-order valence-electron chi connectivity index (χ4n) is 2.81. The minimum atomic E-state index is 0.0792. The maximum Gasteiger partial charge on any atom is 0.225 e. The molecule has 1 aliphatic heterocycles. The molecule has 1 aliphatic rings. The van der Waals surface area contributed by atoms with Gasteiger partial charge in [-0.15, -0.1) is 0 Å². The summed E-state index contributed by atoms with van der Waals surface area (Å²) in [6, 6.07) is 6.11. The molecule has 1 fully saturated rings. The zero-order valence-corrected chi connectivity index (χ0v) is 13.5. The molecule has 0 unspecified atom stereocenters. The Morgan fingerprint density at radius 1 is 1.29 bits per heavy atom. The van der Waals surface area contributed by atoms with E-state index in [1.807, 2.05) is 26.0 Å². The van der Waals surface area contributed by atoms with Gasteiger partial charge < -0.3 is 10.1 Å². The number of nitrogens with one attached hydrogen (secondary N) is 1. The highest BCUT2D eigenvalue weighted by Gasteiger charge is 2.22. The molecule has 1 aromatic carbocycles. The molecule has 0 aliphatic carbocycles. The lowest BCUT2D eigenvalue weighted by Crippen LogP contribution is -2.46. The summed E-state index contributed by atoms with van der Waals surface area (Å²) >= 11 is 0. The van der Waals surface area contributed by atoms with Crippen LogP contribution in [0.15, 0.2) is 18.2 Å². The van der Waals surface area contributed by atoms with Crippen LogP contribution in [0, 0.1) is 13.8 Å².